The van der Waals surface area contributed by atoms with Crippen LogP contribution in [-0.4, -0.2) is 14.3 Å². The maximum Gasteiger partial charge on any atom is 0.255 e. The summed E-state index contributed by atoms with van der Waals surface area (Å²) in [6, 6.07) is 12.6. The van der Waals surface area contributed by atoms with E-state index in [4.69, 9.17) is 10.4 Å². The second-order valence-electron chi connectivity index (χ2n) is 4.67. The summed E-state index contributed by atoms with van der Waals surface area (Å²) >= 11 is 0. The summed E-state index contributed by atoms with van der Waals surface area (Å²) in [6.07, 6.45) is 0. The number of carbonyl (C=O) groups excluding carboxylic acids is 1. The Bertz CT molecular complexity index is 883. The summed E-state index contributed by atoms with van der Waals surface area (Å²) in [5.74, 6) is -0.486. The fraction of sp³-hybridized carbons (Fsp3) is 0.0667. The molecular formula is C15H13N3O3S. The molecule has 0 heterocycles. The van der Waals surface area contributed by atoms with Crippen molar-refractivity contribution in [3.8, 4) is 6.07 Å². The van der Waals surface area contributed by atoms with Gasteiger partial charge in [-0.05, 0) is 42.8 Å². The standard InChI is InChI=1S/C15H13N3O3S/c1-10-5-6-12(8-14(10)22(17,20)21)15(19)18-13-4-2-3-11(7-13)9-16/h2-8H,1H3,(H,18,19)(H2,17,20,21). The third-order valence-corrected chi connectivity index (χ3v) is 4.06. The highest BCUT2D eigenvalue weighted by atomic mass is 32.2. The van der Waals surface area contributed by atoms with Gasteiger partial charge in [0.05, 0.1) is 16.5 Å². The molecule has 0 saturated carbocycles. The molecule has 0 bridgehead atoms. The van der Waals surface area contributed by atoms with E-state index in [2.05, 4.69) is 5.32 Å². The van der Waals surface area contributed by atoms with Crippen molar-refractivity contribution in [1.82, 2.24) is 0 Å². The van der Waals surface area contributed by atoms with Crippen LogP contribution in [0, 0.1) is 18.3 Å². The SMILES string of the molecule is Cc1ccc(C(=O)Nc2cccc(C#N)c2)cc1S(N)(=O)=O. The van der Waals surface area contributed by atoms with E-state index in [9.17, 15) is 13.2 Å². The van der Waals surface area contributed by atoms with Crippen molar-refractivity contribution in [3.63, 3.8) is 0 Å². The van der Waals surface area contributed by atoms with Crippen molar-refractivity contribution < 1.29 is 13.2 Å². The summed E-state index contributed by atoms with van der Waals surface area (Å²) in [5.41, 5.74) is 1.48. The van der Waals surface area contributed by atoms with Gasteiger partial charge in [-0.15, -0.1) is 0 Å². The Morgan fingerprint density at radius 3 is 2.59 bits per heavy atom. The van der Waals surface area contributed by atoms with Gasteiger partial charge >= 0.3 is 0 Å². The quantitative estimate of drug-likeness (QED) is 0.898. The lowest BCUT2D eigenvalue weighted by molar-refractivity contribution is 0.102. The van der Waals surface area contributed by atoms with Crippen LogP contribution in [0.15, 0.2) is 47.4 Å². The summed E-state index contributed by atoms with van der Waals surface area (Å²) in [6.45, 7) is 1.60. The van der Waals surface area contributed by atoms with Gasteiger partial charge in [0.1, 0.15) is 0 Å². The van der Waals surface area contributed by atoms with Crippen LogP contribution < -0.4 is 10.5 Å². The highest BCUT2D eigenvalue weighted by Crippen LogP contribution is 2.17. The van der Waals surface area contributed by atoms with Gasteiger partial charge in [0.25, 0.3) is 5.91 Å². The molecule has 0 saturated heterocycles. The fourth-order valence-electron chi connectivity index (χ4n) is 1.92. The molecule has 3 N–H and O–H groups in total. The average molecular weight is 315 g/mol. The van der Waals surface area contributed by atoms with Gasteiger partial charge < -0.3 is 5.32 Å². The molecule has 0 aromatic heterocycles. The molecule has 7 heteroatoms. The Labute approximate surface area is 128 Å². The molecule has 6 nitrogen and oxygen atoms in total. The number of aryl methyl sites for hydroxylation is 1. The number of carbonyl (C=O) groups is 1. The number of primary sulfonamides is 1. The Morgan fingerprint density at radius 2 is 1.95 bits per heavy atom. The first-order chi connectivity index (χ1) is 10.3. The van der Waals surface area contributed by atoms with Crippen LogP contribution in [0.5, 0.6) is 0 Å². The zero-order valence-corrected chi connectivity index (χ0v) is 12.5. The summed E-state index contributed by atoms with van der Waals surface area (Å²) < 4.78 is 23.0. The molecule has 2 aromatic rings. The third-order valence-electron chi connectivity index (χ3n) is 3.01. The number of sulfonamides is 1. The molecule has 22 heavy (non-hydrogen) atoms. The van der Waals surface area contributed by atoms with E-state index in [0.29, 0.717) is 16.8 Å². The monoisotopic (exact) mass is 315 g/mol. The van der Waals surface area contributed by atoms with Crippen molar-refractivity contribution in [2.75, 3.05) is 5.32 Å². The van der Waals surface area contributed by atoms with E-state index >= 15 is 0 Å². The normalized spacial score (nSPS) is 10.8. The van der Waals surface area contributed by atoms with Crippen LogP contribution in [0.25, 0.3) is 0 Å². The molecule has 1 amide bonds. The van der Waals surface area contributed by atoms with Crippen LogP contribution in [0.4, 0.5) is 5.69 Å². The van der Waals surface area contributed by atoms with Gasteiger partial charge in [-0.25, -0.2) is 13.6 Å². The van der Waals surface area contributed by atoms with Crippen LogP contribution in [0.1, 0.15) is 21.5 Å². The minimum Gasteiger partial charge on any atom is -0.322 e. The van der Waals surface area contributed by atoms with E-state index in [-0.39, 0.29) is 10.5 Å². The van der Waals surface area contributed by atoms with E-state index in [0.717, 1.165) is 0 Å². The maximum atomic E-state index is 12.2. The lowest BCUT2D eigenvalue weighted by Crippen LogP contribution is -2.17. The summed E-state index contributed by atoms with van der Waals surface area (Å²) in [5, 5.41) is 16.6. The van der Waals surface area contributed by atoms with E-state index < -0.39 is 15.9 Å². The molecule has 2 aromatic carbocycles. The molecule has 2 rings (SSSR count). The zero-order valence-electron chi connectivity index (χ0n) is 11.7. The van der Waals surface area contributed by atoms with Gasteiger partial charge in [-0.3, -0.25) is 4.79 Å². The van der Waals surface area contributed by atoms with Gasteiger partial charge in [0.2, 0.25) is 10.0 Å². The Morgan fingerprint density at radius 1 is 1.23 bits per heavy atom. The summed E-state index contributed by atoms with van der Waals surface area (Å²) in [4.78, 5) is 12.1. The number of anilines is 1. The van der Waals surface area contributed by atoms with Crippen LogP contribution >= 0.6 is 0 Å². The van der Waals surface area contributed by atoms with Crippen molar-refractivity contribution in [3.05, 3.63) is 59.2 Å². The molecule has 0 aliphatic rings. The number of hydrogen-bond acceptors (Lipinski definition) is 4. The highest BCUT2D eigenvalue weighted by molar-refractivity contribution is 7.89. The first kappa shape index (κ1) is 15.7. The van der Waals surface area contributed by atoms with Crippen molar-refractivity contribution in [2.45, 2.75) is 11.8 Å². The topological polar surface area (TPSA) is 113 Å². The number of nitrogens with zero attached hydrogens (tertiary/aromatic N) is 1. The second kappa shape index (κ2) is 5.97. The van der Waals surface area contributed by atoms with Gasteiger partial charge in [0, 0.05) is 11.3 Å². The van der Waals surface area contributed by atoms with Crippen LogP contribution in [-0.2, 0) is 10.0 Å². The Kier molecular flexibility index (Phi) is 4.26. The lowest BCUT2D eigenvalue weighted by atomic mass is 10.1. The summed E-state index contributed by atoms with van der Waals surface area (Å²) in [7, 11) is -3.90. The molecular weight excluding hydrogens is 302 g/mol. The fourth-order valence-corrected chi connectivity index (χ4v) is 2.73. The number of rotatable bonds is 3. The molecule has 0 aliphatic heterocycles. The predicted octanol–water partition coefficient (Wildman–Crippen LogP) is 1.77. The van der Waals surface area contributed by atoms with Crippen molar-refractivity contribution in [2.24, 2.45) is 5.14 Å². The molecule has 0 atom stereocenters. The van der Waals surface area contributed by atoms with Crippen LogP contribution in [0.3, 0.4) is 0 Å². The number of nitrogens with one attached hydrogen (secondary N) is 1. The van der Waals surface area contributed by atoms with E-state index in [1.165, 1.54) is 24.3 Å². The van der Waals surface area contributed by atoms with Crippen LogP contribution in [0.2, 0.25) is 0 Å². The first-order valence-electron chi connectivity index (χ1n) is 6.26. The first-order valence-corrected chi connectivity index (χ1v) is 7.81. The molecule has 0 radical (unpaired) electrons. The van der Waals surface area contributed by atoms with Crippen molar-refractivity contribution in [1.29, 1.82) is 5.26 Å². The zero-order chi connectivity index (χ0) is 16.3. The smallest absolute Gasteiger partial charge is 0.255 e. The number of nitrogens with two attached hydrogens (primary N) is 1. The minimum atomic E-state index is -3.90. The number of benzene rings is 2. The number of nitriles is 1. The Balaban J connectivity index is 2.32. The van der Waals surface area contributed by atoms with Crippen molar-refractivity contribution >= 4 is 21.6 Å². The highest BCUT2D eigenvalue weighted by Gasteiger charge is 2.15. The molecule has 0 fully saturated rings. The maximum absolute atomic E-state index is 12.2. The van der Waals surface area contributed by atoms with E-state index in [1.54, 1.807) is 25.1 Å². The number of hydrogen-bond donors (Lipinski definition) is 2. The van der Waals surface area contributed by atoms with Gasteiger partial charge in [0.15, 0.2) is 0 Å². The number of amides is 1. The van der Waals surface area contributed by atoms with E-state index in [1.807, 2.05) is 6.07 Å². The minimum absolute atomic E-state index is 0.0917. The molecule has 0 unspecified atom stereocenters. The third kappa shape index (κ3) is 3.49. The van der Waals surface area contributed by atoms with Gasteiger partial charge in [-0.2, -0.15) is 5.26 Å². The van der Waals surface area contributed by atoms with Gasteiger partial charge in [-0.1, -0.05) is 12.1 Å². The Hall–Kier alpha value is -2.69. The lowest BCUT2D eigenvalue weighted by Gasteiger charge is -2.08. The molecule has 112 valence electrons. The predicted molar refractivity (Wildman–Crippen MR) is 81.7 cm³/mol. The second-order valence-corrected chi connectivity index (χ2v) is 6.20. The largest absolute Gasteiger partial charge is 0.322 e. The molecule has 0 spiro atoms. The average Bonchev–Trinajstić information content (AvgIpc) is 2.46. The molecule has 0 aliphatic carbocycles.